The molecule has 1 aromatic heterocycles. The van der Waals surface area contributed by atoms with Crippen LogP contribution in [0.1, 0.15) is 27.8 Å². The van der Waals surface area contributed by atoms with E-state index in [2.05, 4.69) is 10.4 Å². The molecule has 0 aliphatic carbocycles. The van der Waals surface area contributed by atoms with Crippen molar-refractivity contribution in [3.05, 3.63) is 89.9 Å². The predicted molar refractivity (Wildman–Crippen MR) is 132 cm³/mol. The number of anilines is 1. The number of hydrogen-bond acceptors (Lipinski definition) is 6. The molecular formula is C27H24FN3O5. The summed E-state index contributed by atoms with van der Waals surface area (Å²) in [5.74, 6) is -0.431. The zero-order valence-electron chi connectivity index (χ0n) is 19.9. The van der Waals surface area contributed by atoms with Crippen LogP contribution in [0, 0.1) is 5.82 Å². The van der Waals surface area contributed by atoms with Gasteiger partial charge < -0.3 is 19.5 Å². The number of nitrogens with zero attached hydrogens (tertiary/aromatic N) is 2. The van der Waals surface area contributed by atoms with Crippen molar-refractivity contribution in [1.29, 1.82) is 0 Å². The molecule has 3 aromatic carbocycles. The summed E-state index contributed by atoms with van der Waals surface area (Å²) in [6, 6.07) is 19.3. The number of carbonyl (C=O) groups is 2. The molecule has 9 heteroatoms. The highest BCUT2D eigenvalue weighted by molar-refractivity contribution is 6.05. The second-order valence-electron chi connectivity index (χ2n) is 7.66. The van der Waals surface area contributed by atoms with Gasteiger partial charge in [-0.3, -0.25) is 4.79 Å². The van der Waals surface area contributed by atoms with E-state index in [1.54, 1.807) is 67.6 Å². The van der Waals surface area contributed by atoms with E-state index in [-0.39, 0.29) is 18.2 Å². The number of nitrogens with one attached hydrogen (secondary N) is 1. The molecule has 0 aliphatic rings. The lowest BCUT2D eigenvalue weighted by molar-refractivity contribution is 0.0519. The van der Waals surface area contributed by atoms with E-state index >= 15 is 0 Å². The Morgan fingerprint density at radius 1 is 0.944 bits per heavy atom. The first-order valence-electron chi connectivity index (χ1n) is 11.1. The number of halogens is 1. The summed E-state index contributed by atoms with van der Waals surface area (Å²) in [5, 5.41) is 7.21. The third-order valence-corrected chi connectivity index (χ3v) is 5.28. The van der Waals surface area contributed by atoms with Crippen LogP contribution >= 0.6 is 0 Å². The normalized spacial score (nSPS) is 10.6. The number of amides is 1. The molecule has 0 atom stereocenters. The Balaban J connectivity index is 1.70. The molecule has 0 radical (unpaired) electrons. The summed E-state index contributed by atoms with van der Waals surface area (Å²) in [6.07, 6.45) is 0. The summed E-state index contributed by atoms with van der Waals surface area (Å²) in [7, 11) is 3.01. The van der Waals surface area contributed by atoms with E-state index in [1.807, 2.05) is 0 Å². The van der Waals surface area contributed by atoms with Crippen LogP contribution in [0.5, 0.6) is 11.5 Å². The van der Waals surface area contributed by atoms with E-state index in [0.29, 0.717) is 39.7 Å². The fraction of sp³-hybridized carbons (Fsp3) is 0.148. The highest BCUT2D eigenvalue weighted by Crippen LogP contribution is 2.28. The highest BCUT2D eigenvalue weighted by atomic mass is 19.1. The van der Waals surface area contributed by atoms with Gasteiger partial charge in [-0.1, -0.05) is 18.2 Å². The van der Waals surface area contributed by atoms with Crippen LogP contribution in [0.3, 0.4) is 0 Å². The van der Waals surface area contributed by atoms with E-state index < -0.39 is 11.8 Å². The first-order valence-corrected chi connectivity index (χ1v) is 11.1. The molecule has 1 heterocycles. The topological polar surface area (TPSA) is 91.7 Å². The maximum Gasteiger partial charge on any atom is 0.358 e. The van der Waals surface area contributed by atoms with E-state index in [4.69, 9.17) is 14.2 Å². The number of rotatable bonds is 8. The van der Waals surface area contributed by atoms with E-state index in [0.717, 1.165) is 0 Å². The molecule has 8 nitrogen and oxygen atoms in total. The van der Waals surface area contributed by atoms with Crippen molar-refractivity contribution in [1.82, 2.24) is 9.78 Å². The largest absolute Gasteiger partial charge is 0.497 e. The van der Waals surface area contributed by atoms with Crippen molar-refractivity contribution in [2.24, 2.45) is 0 Å². The van der Waals surface area contributed by atoms with E-state index in [1.165, 1.54) is 31.0 Å². The number of ether oxygens (including phenoxy) is 3. The van der Waals surface area contributed by atoms with Gasteiger partial charge in [0.1, 0.15) is 17.3 Å². The number of benzene rings is 3. The monoisotopic (exact) mass is 489 g/mol. The average Bonchev–Trinajstić information content (AvgIpc) is 3.34. The highest BCUT2D eigenvalue weighted by Gasteiger charge is 2.19. The molecule has 36 heavy (non-hydrogen) atoms. The van der Waals surface area contributed by atoms with Crippen molar-refractivity contribution < 1.29 is 28.2 Å². The molecule has 0 fully saturated rings. The van der Waals surface area contributed by atoms with Gasteiger partial charge in [-0.2, -0.15) is 5.10 Å². The Hall–Kier alpha value is -4.66. The maximum absolute atomic E-state index is 14.0. The van der Waals surface area contributed by atoms with Gasteiger partial charge >= 0.3 is 5.97 Å². The van der Waals surface area contributed by atoms with Crippen LogP contribution < -0.4 is 14.8 Å². The van der Waals surface area contributed by atoms with E-state index in [9.17, 15) is 14.0 Å². The van der Waals surface area contributed by atoms with Gasteiger partial charge in [0.15, 0.2) is 5.69 Å². The Morgan fingerprint density at radius 3 is 2.33 bits per heavy atom. The second-order valence-corrected chi connectivity index (χ2v) is 7.66. The zero-order chi connectivity index (χ0) is 25.7. The van der Waals surface area contributed by atoms with Crippen LogP contribution in [0.15, 0.2) is 72.8 Å². The van der Waals surface area contributed by atoms with Crippen LogP contribution in [0.25, 0.3) is 16.9 Å². The van der Waals surface area contributed by atoms with Crippen LogP contribution in [-0.4, -0.2) is 42.5 Å². The Morgan fingerprint density at radius 2 is 1.67 bits per heavy atom. The third kappa shape index (κ3) is 5.35. The first-order chi connectivity index (χ1) is 17.4. The van der Waals surface area contributed by atoms with Gasteiger partial charge in [0, 0.05) is 22.9 Å². The van der Waals surface area contributed by atoms with Crippen molar-refractivity contribution in [3.8, 4) is 28.4 Å². The summed E-state index contributed by atoms with van der Waals surface area (Å²) in [6.45, 7) is 1.89. The van der Waals surface area contributed by atoms with Gasteiger partial charge in [0.05, 0.1) is 32.2 Å². The molecule has 0 spiro atoms. The Labute approximate surface area is 207 Å². The number of carbonyl (C=O) groups excluding carboxylic acids is 2. The molecule has 4 rings (SSSR count). The number of esters is 1. The first kappa shape index (κ1) is 24.5. The van der Waals surface area contributed by atoms with Gasteiger partial charge in [-0.15, -0.1) is 0 Å². The molecule has 0 bridgehead atoms. The molecule has 0 saturated heterocycles. The van der Waals surface area contributed by atoms with Gasteiger partial charge in [0.2, 0.25) is 0 Å². The zero-order valence-corrected chi connectivity index (χ0v) is 19.9. The molecule has 0 unspecified atom stereocenters. The Kier molecular flexibility index (Phi) is 7.29. The van der Waals surface area contributed by atoms with Crippen LogP contribution in [0.4, 0.5) is 10.1 Å². The van der Waals surface area contributed by atoms with Crippen LogP contribution in [0.2, 0.25) is 0 Å². The van der Waals surface area contributed by atoms with Gasteiger partial charge in [-0.05, 0) is 55.5 Å². The summed E-state index contributed by atoms with van der Waals surface area (Å²) >= 11 is 0. The standard InChI is InChI=1S/C27H24FN3O5/c1-4-36-27(33)24-16-25(31(30-24)21-10-6-8-19(28)14-21)17-7-5-9-20(11-17)29-26(32)18-12-22(34-2)15-23(13-18)35-3/h5-16H,4H2,1-3H3,(H,29,32). The molecule has 4 aromatic rings. The molecule has 0 saturated carbocycles. The third-order valence-electron chi connectivity index (χ3n) is 5.28. The van der Waals surface area contributed by atoms with Crippen LogP contribution in [-0.2, 0) is 4.74 Å². The van der Waals surface area contributed by atoms with Crippen molar-refractivity contribution in [2.75, 3.05) is 26.1 Å². The summed E-state index contributed by atoms with van der Waals surface area (Å²) in [5.41, 5.74) is 2.52. The van der Waals surface area contributed by atoms with Gasteiger partial charge in [0.25, 0.3) is 5.91 Å². The molecule has 0 aliphatic heterocycles. The lowest BCUT2D eigenvalue weighted by Crippen LogP contribution is -2.12. The number of aromatic nitrogens is 2. The smallest absolute Gasteiger partial charge is 0.358 e. The quantitative estimate of drug-likeness (QED) is 0.345. The van der Waals surface area contributed by atoms with Crippen molar-refractivity contribution >= 4 is 17.6 Å². The lowest BCUT2D eigenvalue weighted by atomic mass is 10.1. The molecule has 1 N–H and O–H groups in total. The minimum atomic E-state index is -0.592. The second kappa shape index (κ2) is 10.7. The van der Waals surface area contributed by atoms with Crippen molar-refractivity contribution in [3.63, 3.8) is 0 Å². The summed E-state index contributed by atoms with van der Waals surface area (Å²) < 4.78 is 31.0. The molecule has 1 amide bonds. The Bertz CT molecular complexity index is 1390. The summed E-state index contributed by atoms with van der Waals surface area (Å²) in [4.78, 5) is 25.3. The average molecular weight is 490 g/mol. The number of methoxy groups -OCH3 is 2. The molecule has 184 valence electrons. The number of hydrogen-bond donors (Lipinski definition) is 1. The lowest BCUT2D eigenvalue weighted by Gasteiger charge is -2.11. The fourth-order valence-corrected chi connectivity index (χ4v) is 3.59. The fourth-order valence-electron chi connectivity index (χ4n) is 3.59. The molecular weight excluding hydrogens is 465 g/mol. The van der Waals surface area contributed by atoms with Crippen molar-refractivity contribution in [2.45, 2.75) is 6.92 Å². The minimum absolute atomic E-state index is 0.0778. The maximum atomic E-state index is 14.0. The predicted octanol–water partition coefficient (Wildman–Crippen LogP) is 5.12. The van der Waals surface area contributed by atoms with Gasteiger partial charge in [-0.25, -0.2) is 13.9 Å². The minimum Gasteiger partial charge on any atom is -0.497 e. The SMILES string of the molecule is CCOC(=O)c1cc(-c2cccc(NC(=O)c3cc(OC)cc(OC)c3)c2)n(-c2cccc(F)c2)n1.